The summed E-state index contributed by atoms with van der Waals surface area (Å²) in [7, 11) is 0. The van der Waals surface area contributed by atoms with Gasteiger partial charge in [0.2, 0.25) is 0 Å². The minimum absolute atomic E-state index is 0.0747. The first-order valence-electron chi connectivity index (χ1n) is 5.98. The minimum Gasteiger partial charge on any atom is -0.290 e. The highest BCUT2D eigenvalue weighted by Crippen LogP contribution is 2.19. The summed E-state index contributed by atoms with van der Waals surface area (Å²) in [5.74, 6) is 0.506. The predicted octanol–water partition coefficient (Wildman–Crippen LogP) is 2.57. The Morgan fingerprint density at radius 2 is 2.15 bits per heavy atom. The van der Waals surface area contributed by atoms with Crippen molar-refractivity contribution >= 4 is 33.2 Å². The van der Waals surface area contributed by atoms with Crippen LogP contribution in [0, 0.1) is 13.8 Å². The molecule has 7 heteroatoms. The van der Waals surface area contributed by atoms with Gasteiger partial charge in [-0.2, -0.15) is 0 Å². The number of aryl methyl sites for hydroxylation is 2. The maximum atomic E-state index is 12.4. The summed E-state index contributed by atoms with van der Waals surface area (Å²) < 4.78 is 2.16. The van der Waals surface area contributed by atoms with E-state index in [2.05, 4.69) is 15.0 Å². The number of nitrogens with zero attached hydrogens (tertiary/aromatic N) is 4. The van der Waals surface area contributed by atoms with Crippen molar-refractivity contribution < 1.29 is 0 Å². The van der Waals surface area contributed by atoms with E-state index >= 15 is 0 Å². The van der Waals surface area contributed by atoms with Gasteiger partial charge in [0, 0.05) is 5.69 Å². The lowest BCUT2D eigenvalue weighted by atomic mass is 10.3. The number of rotatable bonds is 2. The number of hydrogen-bond acceptors (Lipinski definition) is 5. The molecule has 3 aromatic heterocycles. The summed E-state index contributed by atoms with van der Waals surface area (Å²) in [6.45, 7) is 4.04. The number of thiophene rings is 1. The Hall–Kier alpha value is -1.79. The molecule has 3 heterocycles. The average Bonchev–Trinajstić information content (AvgIpc) is 2.74. The van der Waals surface area contributed by atoms with Gasteiger partial charge in [0.1, 0.15) is 15.7 Å². The van der Waals surface area contributed by atoms with Gasteiger partial charge in [-0.25, -0.2) is 15.0 Å². The van der Waals surface area contributed by atoms with E-state index in [9.17, 15) is 4.79 Å². The van der Waals surface area contributed by atoms with Crippen LogP contribution in [0.4, 0.5) is 0 Å². The molecular formula is C13H11ClN4OS. The quantitative estimate of drug-likeness (QED) is 0.683. The van der Waals surface area contributed by atoms with Gasteiger partial charge in [-0.3, -0.25) is 9.36 Å². The summed E-state index contributed by atoms with van der Waals surface area (Å²) >= 11 is 7.31. The van der Waals surface area contributed by atoms with Crippen LogP contribution in [0.5, 0.6) is 0 Å². The number of fused-ring (bicyclic) bond motifs is 1. The zero-order valence-electron chi connectivity index (χ0n) is 10.9. The topological polar surface area (TPSA) is 60.7 Å². The van der Waals surface area contributed by atoms with Crippen LogP contribution in [-0.4, -0.2) is 19.5 Å². The Morgan fingerprint density at radius 3 is 2.90 bits per heavy atom. The first-order valence-corrected chi connectivity index (χ1v) is 7.23. The third-order valence-electron chi connectivity index (χ3n) is 2.90. The molecule has 0 aliphatic rings. The van der Waals surface area contributed by atoms with E-state index in [1.165, 1.54) is 22.2 Å². The van der Waals surface area contributed by atoms with E-state index in [1.807, 2.05) is 19.2 Å². The smallest absolute Gasteiger partial charge is 0.271 e. The fourth-order valence-electron chi connectivity index (χ4n) is 1.98. The molecule has 0 radical (unpaired) electrons. The van der Waals surface area contributed by atoms with Gasteiger partial charge >= 0.3 is 0 Å². The fourth-order valence-corrected chi connectivity index (χ4v) is 3.19. The molecule has 0 amide bonds. The van der Waals surface area contributed by atoms with Crippen molar-refractivity contribution in [2.45, 2.75) is 20.4 Å². The Kier molecular flexibility index (Phi) is 3.27. The molecule has 0 aliphatic heterocycles. The zero-order valence-corrected chi connectivity index (χ0v) is 12.5. The monoisotopic (exact) mass is 306 g/mol. The number of hydrogen-bond donors (Lipinski definition) is 0. The summed E-state index contributed by atoms with van der Waals surface area (Å²) in [5, 5.41) is 2.31. The van der Waals surface area contributed by atoms with Crippen LogP contribution in [0.2, 0.25) is 5.15 Å². The SMILES string of the molecule is Cc1cc(Cl)nc(Cn2cnc3c(C)csc3c2=O)n1. The first-order chi connectivity index (χ1) is 9.54. The van der Waals surface area contributed by atoms with Crippen molar-refractivity contribution in [1.82, 2.24) is 19.5 Å². The zero-order chi connectivity index (χ0) is 14.3. The van der Waals surface area contributed by atoms with Gasteiger partial charge in [-0.15, -0.1) is 11.3 Å². The number of aromatic nitrogens is 4. The van der Waals surface area contributed by atoms with Crippen LogP contribution in [0.3, 0.4) is 0 Å². The van der Waals surface area contributed by atoms with Crippen molar-refractivity contribution in [2.75, 3.05) is 0 Å². The Balaban J connectivity index is 2.06. The maximum absolute atomic E-state index is 12.4. The molecule has 3 aromatic rings. The molecule has 0 saturated carbocycles. The van der Waals surface area contributed by atoms with E-state index in [0.29, 0.717) is 15.7 Å². The lowest BCUT2D eigenvalue weighted by Crippen LogP contribution is -2.21. The summed E-state index contributed by atoms with van der Waals surface area (Å²) in [4.78, 5) is 25.1. The van der Waals surface area contributed by atoms with Crippen LogP contribution < -0.4 is 5.56 Å². The van der Waals surface area contributed by atoms with Gasteiger partial charge in [0.15, 0.2) is 0 Å². The normalized spacial score (nSPS) is 11.2. The second-order valence-electron chi connectivity index (χ2n) is 4.52. The molecule has 0 bridgehead atoms. The fraction of sp³-hybridized carbons (Fsp3) is 0.231. The van der Waals surface area contributed by atoms with Crippen molar-refractivity contribution in [3.8, 4) is 0 Å². The highest BCUT2D eigenvalue weighted by molar-refractivity contribution is 7.17. The minimum atomic E-state index is -0.0747. The van der Waals surface area contributed by atoms with Crippen molar-refractivity contribution in [3.63, 3.8) is 0 Å². The summed E-state index contributed by atoms with van der Waals surface area (Å²) in [6.07, 6.45) is 1.53. The molecule has 0 aliphatic carbocycles. The summed E-state index contributed by atoms with van der Waals surface area (Å²) in [6, 6.07) is 1.68. The van der Waals surface area contributed by atoms with Crippen LogP contribution >= 0.6 is 22.9 Å². The molecule has 0 saturated heterocycles. The molecule has 0 N–H and O–H groups in total. The predicted molar refractivity (Wildman–Crippen MR) is 79.5 cm³/mol. The molecule has 0 atom stereocenters. The van der Waals surface area contributed by atoms with Gasteiger partial charge < -0.3 is 0 Å². The van der Waals surface area contributed by atoms with E-state index in [1.54, 1.807) is 6.07 Å². The Labute approximate surface area is 123 Å². The van der Waals surface area contributed by atoms with Crippen molar-refractivity contribution in [2.24, 2.45) is 0 Å². The molecule has 5 nitrogen and oxygen atoms in total. The molecule has 0 aromatic carbocycles. The maximum Gasteiger partial charge on any atom is 0.271 e. The van der Waals surface area contributed by atoms with Gasteiger partial charge in [0.25, 0.3) is 5.56 Å². The van der Waals surface area contributed by atoms with Gasteiger partial charge in [-0.05, 0) is 30.9 Å². The first kappa shape index (κ1) is 13.2. The third kappa shape index (κ3) is 2.32. The summed E-state index contributed by atoms with van der Waals surface area (Å²) in [5.41, 5.74) is 2.48. The van der Waals surface area contributed by atoms with Crippen LogP contribution in [-0.2, 0) is 6.54 Å². The van der Waals surface area contributed by atoms with Crippen LogP contribution in [0.25, 0.3) is 10.2 Å². The molecule has 0 unspecified atom stereocenters. The molecule has 102 valence electrons. The van der Waals surface area contributed by atoms with Crippen LogP contribution in [0.1, 0.15) is 17.1 Å². The Morgan fingerprint density at radius 1 is 1.35 bits per heavy atom. The largest absolute Gasteiger partial charge is 0.290 e. The van der Waals surface area contributed by atoms with E-state index in [0.717, 1.165) is 16.8 Å². The molecule has 0 fully saturated rings. The molecule has 20 heavy (non-hydrogen) atoms. The number of halogens is 1. The standard InChI is InChI=1S/C13H11ClN4OS/c1-7-5-20-12-11(7)15-6-18(13(12)19)4-10-16-8(2)3-9(14)17-10/h3,5-6H,4H2,1-2H3. The second-order valence-corrected chi connectivity index (χ2v) is 5.79. The lowest BCUT2D eigenvalue weighted by molar-refractivity contribution is 0.704. The highest BCUT2D eigenvalue weighted by Gasteiger charge is 2.10. The third-order valence-corrected chi connectivity index (χ3v) is 4.17. The molecule has 0 spiro atoms. The second kappa shape index (κ2) is 4.96. The molecular weight excluding hydrogens is 296 g/mol. The van der Waals surface area contributed by atoms with Crippen LogP contribution in [0.15, 0.2) is 22.6 Å². The lowest BCUT2D eigenvalue weighted by Gasteiger charge is -2.05. The Bertz CT molecular complexity index is 835. The van der Waals surface area contributed by atoms with Gasteiger partial charge in [0.05, 0.1) is 18.4 Å². The molecule has 3 rings (SSSR count). The van der Waals surface area contributed by atoms with Gasteiger partial charge in [-0.1, -0.05) is 11.6 Å². The highest BCUT2D eigenvalue weighted by atomic mass is 35.5. The van der Waals surface area contributed by atoms with E-state index in [-0.39, 0.29) is 12.1 Å². The average molecular weight is 307 g/mol. The van der Waals surface area contributed by atoms with Crippen molar-refractivity contribution in [1.29, 1.82) is 0 Å². The van der Waals surface area contributed by atoms with E-state index < -0.39 is 0 Å². The van der Waals surface area contributed by atoms with E-state index in [4.69, 9.17) is 11.6 Å². The van der Waals surface area contributed by atoms with Crippen molar-refractivity contribution in [3.05, 3.63) is 50.4 Å².